The van der Waals surface area contributed by atoms with Gasteiger partial charge in [-0.2, -0.15) is 5.10 Å². The van der Waals surface area contributed by atoms with E-state index >= 15 is 0 Å². The summed E-state index contributed by atoms with van der Waals surface area (Å²) in [4.78, 5) is 36.8. The van der Waals surface area contributed by atoms with Gasteiger partial charge in [0.25, 0.3) is 5.91 Å². The fourth-order valence-electron chi connectivity index (χ4n) is 3.02. The molecule has 1 aliphatic rings. The first-order valence-corrected chi connectivity index (χ1v) is 8.74. The van der Waals surface area contributed by atoms with Crippen LogP contribution in [0.15, 0.2) is 71.0 Å². The monoisotopic (exact) mass is 376 g/mol. The predicted octanol–water partition coefficient (Wildman–Crippen LogP) is 2.61. The average Bonchev–Trinajstić information content (AvgIpc) is 2.68. The van der Waals surface area contributed by atoms with Crippen LogP contribution < -0.4 is 16.1 Å². The summed E-state index contributed by atoms with van der Waals surface area (Å²) in [5, 5.41) is 9.13. The molecule has 1 heterocycles. The Morgan fingerprint density at radius 3 is 2.43 bits per heavy atom. The molecule has 1 aliphatic heterocycles. The molecule has 0 spiro atoms. The molecule has 3 N–H and O–H groups in total. The first-order chi connectivity index (χ1) is 13.5. The second kappa shape index (κ2) is 8.30. The van der Waals surface area contributed by atoms with E-state index in [0.29, 0.717) is 16.8 Å². The third-order valence-corrected chi connectivity index (χ3v) is 4.41. The maximum absolute atomic E-state index is 12.7. The molecule has 142 valence electrons. The van der Waals surface area contributed by atoms with Crippen LogP contribution in [-0.4, -0.2) is 23.9 Å². The predicted molar refractivity (Wildman–Crippen MR) is 106 cm³/mol. The Bertz CT molecular complexity index is 980. The van der Waals surface area contributed by atoms with Gasteiger partial charge in [-0.15, -0.1) is 0 Å². The van der Waals surface area contributed by atoms with Gasteiger partial charge in [-0.05, 0) is 25.0 Å². The fraction of sp³-hybridized carbons (Fsp3) is 0.143. The van der Waals surface area contributed by atoms with Crippen LogP contribution >= 0.6 is 0 Å². The highest BCUT2D eigenvalue weighted by atomic mass is 16.2. The molecule has 0 radical (unpaired) electrons. The zero-order valence-corrected chi connectivity index (χ0v) is 15.5. The molecule has 3 amide bonds. The zero-order valence-electron chi connectivity index (χ0n) is 15.5. The van der Waals surface area contributed by atoms with Crippen molar-refractivity contribution in [3.05, 3.63) is 82.6 Å². The number of hydrazone groups is 1. The van der Waals surface area contributed by atoms with E-state index in [1.54, 1.807) is 19.1 Å². The van der Waals surface area contributed by atoms with Crippen LogP contribution in [0.5, 0.6) is 0 Å². The van der Waals surface area contributed by atoms with Crippen molar-refractivity contribution in [3.8, 4) is 0 Å². The quantitative estimate of drug-likeness (QED) is 0.425. The molecule has 7 nitrogen and oxygen atoms in total. The highest BCUT2D eigenvalue weighted by molar-refractivity contribution is 6.35. The van der Waals surface area contributed by atoms with E-state index in [9.17, 15) is 14.4 Å². The van der Waals surface area contributed by atoms with Crippen LogP contribution in [0.4, 0.5) is 4.79 Å². The smallest absolute Gasteiger partial charge is 0.319 e. The van der Waals surface area contributed by atoms with Crippen molar-refractivity contribution in [1.29, 1.82) is 0 Å². The SMILES string of the molecule is CC1=C(C(=O)N/N=C/C(=O)c2ccccc2C)C(c2ccccc2)NC(=O)N1. The molecule has 1 unspecified atom stereocenters. The van der Waals surface area contributed by atoms with Gasteiger partial charge >= 0.3 is 6.03 Å². The summed E-state index contributed by atoms with van der Waals surface area (Å²) >= 11 is 0. The largest absolute Gasteiger partial charge is 0.327 e. The Kier molecular flexibility index (Phi) is 5.64. The van der Waals surface area contributed by atoms with Crippen LogP contribution in [0.25, 0.3) is 0 Å². The summed E-state index contributed by atoms with van der Waals surface area (Å²) in [6, 6.07) is 15.3. The molecular formula is C21H20N4O3. The Labute approximate surface area is 162 Å². The summed E-state index contributed by atoms with van der Waals surface area (Å²) in [5.41, 5.74) is 5.24. The number of benzene rings is 2. The Morgan fingerprint density at radius 2 is 1.71 bits per heavy atom. The minimum atomic E-state index is -0.614. The molecule has 0 aromatic heterocycles. The first kappa shape index (κ1) is 19.0. The van der Waals surface area contributed by atoms with E-state index in [-0.39, 0.29) is 11.8 Å². The molecular weight excluding hydrogens is 356 g/mol. The highest BCUT2D eigenvalue weighted by Gasteiger charge is 2.30. The number of hydrogen-bond donors (Lipinski definition) is 3. The lowest BCUT2D eigenvalue weighted by molar-refractivity contribution is -0.117. The van der Waals surface area contributed by atoms with Crippen LogP contribution in [0, 0.1) is 6.92 Å². The Morgan fingerprint density at radius 1 is 1.04 bits per heavy atom. The number of urea groups is 1. The molecule has 0 aliphatic carbocycles. The minimum Gasteiger partial charge on any atom is -0.327 e. The number of nitrogens with zero attached hydrogens (tertiary/aromatic N) is 1. The van der Waals surface area contributed by atoms with E-state index in [4.69, 9.17) is 0 Å². The van der Waals surface area contributed by atoms with Crippen molar-refractivity contribution in [2.24, 2.45) is 5.10 Å². The number of rotatable bonds is 5. The van der Waals surface area contributed by atoms with Gasteiger partial charge in [0.05, 0.1) is 17.8 Å². The van der Waals surface area contributed by atoms with Crippen molar-refractivity contribution in [2.75, 3.05) is 0 Å². The third-order valence-electron chi connectivity index (χ3n) is 4.41. The number of hydrogen-bond acceptors (Lipinski definition) is 4. The Hall–Kier alpha value is -3.74. The van der Waals surface area contributed by atoms with Gasteiger partial charge < -0.3 is 10.6 Å². The second-order valence-corrected chi connectivity index (χ2v) is 6.36. The molecule has 7 heteroatoms. The van der Waals surface area contributed by atoms with Gasteiger partial charge in [-0.1, -0.05) is 54.6 Å². The molecule has 0 bridgehead atoms. The van der Waals surface area contributed by atoms with Crippen LogP contribution in [0.2, 0.25) is 0 Å². The summed E-state index contributed by atoms with van der Waals surface area (Å²) in [5.74, 6) is -0.813. The normalized spacial score (nSPS) is 16.5. The minimum absolute atomic E-state index is 0.307. The lowest BCUT2D eigenvalue weighted by Gasteiger charge is -2.28. The molecule has 0 fully saturated rings. The molecule has 28 heavy (non-hydrogen) atoms. The molecule has 0 saturated carbocycles. The maximum Gasteiger partial charge on any atom is 0.319 e. The third kappa shape index (κ3) is 4.15. The number of ketones is 1. The number of amides is 3. The van der Waals surface area contributed by atoms with Crippen LogP contribution in [-0.2, 0) is 4.79 Å². The summed E-state index contributed by atoms with van der Waals surface area (Å²) in [6.45, 7) is 3.47. The van der Waals surface area contributed by atoms with Crippen molar-refractivity contribution in [1.82, 2.24) is 16.1 Å². The number of allylic oxidation sites excluding steroid dienone is 1. The molecule has 2 aromatic rings. The standard InChI is InChI=1S/C21H20N4O3/c1-13-8-6-7-11-16(13)17(26)12-22-25-20(27)18-14(2)23-21(28)24-19(18)15-9-4-3-5-10-15/h3-12,19H,1-2H3,(H,25,27)(H2,23,24,28)/b22-12+. The summed E-state index contributed by atoms with van der Waals surface area (Å²) < 4.78 is 0. The number of Topliss-reactive ketones (excluding diaryl/α,β-unsaturated/α-hetero) is 1. The average molecular weight is 376 g/mol. The maximum atomic E-state index is 12.7. The number of carbonyl (C=O) groups excluding carboxylic acids is 3. The number of aryl methyl sites for hydroxylation is 1. The van der Waals surface area contributed by atoms with E-state index in [1.165, 1.54) is 0 Å². The van der Waals surface area contributed by atoms with Gasteiger partial charge in [0.2, 0.25) is 5.78 Å². The topological polar surface area (TPSA) is 99.7 Å². The molecule has 3 rings (SSSR count). The fourth-order valence-corrected chi connectivity index (χ4v) is 3.02. The van der Waals surface area contributed by atoms with Crippen molar-refractivity contribution >= 4 is 23.9 Å². The van der Waals surface area contributed by atoms with E-state index in [2.05, 4.69) is 21.2 Å². The summed E-state index contributed by atoms with van der Waals surface area (Å²) in [7, 11) is 0. The van der Waals surface area contributed by atoms with Gasteiger partial charge in [0.15, 0.2) is 0 Å². The van der Waals surface area contributed by atoms with Gasteiger partial charge in [0, 0.05) is 11.3 Å². The van der Waals surface area contributed by atoms with E-state index in [1.807, 2.05) is 49.4 Å². The number of nitrogens with one attached hydrogen (secondary N) is 3. The van der Waals surface area contributed by atoms with Crippen molar-refractivity contribution in [2.45, 2.75) is 19.9 Å². The Balaban J connectivity index is 1.78. The van der Waals surface area contributed by atoms with Crippen LogP contribution in [0.3, 0.4) is 0 Å². The first-order valence-electron chi connectivity index (χ1n) is 8.74. The molecule has 0 saturated heterocycles. The molecule has 1 atom stereocenters. The van der Waals surface area contributed by atoms with Gasteiger partial charge in [-0.3, -0.25) is 9.59 Å². The van der Waals surface area contributed by atoms with E-state index < -0.39 is 11.9 Å². The summed E-state index contributed by atoms with van der Waals surface area (Å²) in [6.07, 6.45) is 1.07. The van der Waals surface area contributed by atoms with Crippen molar-refractivity contribution in [3.63, 3.8) is 0 Å². The van der Waals surface area contributed by atoms with Gasteiger partial charge in [0.1, 0.15) is 0 Å². The van der Waals surface area contributed by atoms with E-state index in [0.717, 1.165) is 17.3 Å². The molecule has 2 aromatic carbocycles. The van der Waals surface area contributed by atoms with Crippen LogP contribution in [0.1, 0.15) is 34.5 Å². The lowest BCUT2D eigenvalue weighted by atomic mass is 9.95. The highest BCUT2D eigenvalue weighted by Crippen LogP contribution is 2.26. The zero-order chi connectivity index (χ0) is 20.1. The number of carbonyl (C=O) groups is 3. The van der Waals surface area contributed by atoms with Gasteiger partial charge in [-0.25, -0.2) is 10.2 Å². The second-order valence-electron chi connectivity index (χ2n) is 6.36. The van der Waals surface area contributed by atoms with Crippen molar-refractivity contribution < 1.29 is 14.4 Å². The lowest BCUT2D eigenvalue weighted by Crippen LogP contribution is -2.46.